The highest BCUT2D eigenvalue weighted by molar-refractivity contribution is 7.87. The number of hydrogen-bond donors (Lipinski definition) is 1. The molecule has 2 aromatic rings. The first-order chi connectivity index (χ1) is 17.4. The van der Waals surface area contributed by atoms with Gasteiger partial charge in [0, 0.05) is 39.0 Å². The number of anilines is 1. The van der Waals surface area contributed by atoms with Gasteiger partial charge in [0.1, 0.15) is 5.82 Å². The van der Waals surface area contributed by atoms with Crippen molar-refractivity contribution in [2.24, 2.45) is 5.92 Å². The molecule has 1 aliphatic heterocycles. The summed E-state index contributed by atoms with van der Waals surface area (Å²) in [5.41, 5.74) is 1.08. The lowest BCUT2D eigenvalue weighted by molar-refractivity contribution is -0.00163. The number of hydrogen-bond acceptors (Lipinski definition) is 6. The third kappa shape index (κ3) is 6.79. The van der Waals surface area contributed by atoms with E-state index in [1.54, 1.807) is 18.3 Å². The maximum atomic E-state index is 13.6. The molecule has 1 aliphatic carbocycles. The van der Waals surface area contributed by atoms with Crippen LogP contribution in [0.4, 0.5) is 10.2 Å². The van der Waals surface area contributed by atoms with Crippen LogP contribution in [-0.4, -0.2) is 67.9 Å². The van der Waals surface area contributed by atoms with E-state index in [1.165, 1.54) is 10.4 Å². The van der Waals surface area contributed by atoms with E-state index in [-0.39, 0.29) is 18.0 Å². The van der Waals surface area contributed by atoms with Gasteiger partial charge in [-0.1, -0.05) is 26.0 Å². The van der Waals surface area contributed by atoms with E-state index in [9.17, 15) is 12.8 Å². The van der Waals surface area contributed by atoms with E-state index >= 15 is 0 Å². The SMILES string of the molecule is CCN(CC)S(=O)(=O)N[C@H]1CCN(c2cccnn2)C[C@H]1OCC1CCC(c2cccc(F)c2)CC1. The van der Waals surface area contributed by atoms with Crippen molar-refractivity contribution >= 4 is 16.0 Å². The summed E-state index contributed by atoms with van der Waals surface area (Å²) < 4.78 is 50.4. The molecule has 2 heterocycles. The van der Waals surface area contributed by atoms with Crippen LogP contribution in [0.3, 0.4) is 0 Å². The van der Waals surface area contributed by atoms with Crippen molar-refractivity contribution in [2.45, 2.75) is 64.0 Å². The van der Waals surface area contributed by atoms with Gasteiger partial charge in [0.05, 0.1) is 12.1 Å². The van der Waals surface area contributed by atoms with Gasteiger partial charge in [0.2, 0.25) is 0 Å². The molecule has 8 nitrogen and oxygen atoms in total. The second-order valence-corrected chi connectivity index (χ2v) is 11.5. The van der Waals surface area contributed by atoms with Crippen LogP contribution in [-0.2, 0) is 14.9 Å². The maximum Gasteiger partial charge on any atom is 0.279 e. The van der Waals surface area contributed by atoms with E-state index < -0.39 is 10.2 Å². The summed E-state index contributed by atoms with van der Waals surface area (Å²) >= 11 is 0. The Hall–Kier alpha value is -2.14. The molecular weight excluding hydrogens is 481 g/mol. The van der Waals surface area contributed by atoms with Crippen LogP contribution in [0.2, 0.25) is 0 Å². The number of piperidine rings is 1. The Kier molecular flexibility index (Phi) is 9.27. The molecule has 10 heteroatoms. The van der Waals surface area contributed by atoms with Crippen LogP contribution >= 0.6 is 0 Å². The van der Waals surface area contributed by atoms with Gasteiger partial charge in [-0.2, -0.15) is 22.5 Å². The molecule has 1 aromatic heterocycles. The average Bonchev–Trinajstić information content (AvgIpc) is 2.89. The van der Waals surface area contributed by atoms with Crippen LogP contribution in [0, 0.1) is 11.7 Å². The van der Waals surface area contributed by atoms with Gasteiger partial charge in [-0.3, -0.25) is 0 Å². The van der Waals surface area contributed by atoms with Crippen molar-refractivity contribution in [3.05, 3.63) is 54.0 Å². The summed E-state index contributed by atoms with van der Waals surface area (Å²) in [6, 6.07) is 10.4. The zero-order valence-electron chi connectivity index (χ0n) is 21.2. The number of benzene rings is 1. The maximum absolute atomic E-state index is 13.6. The summed E-state index contributed by atoms with van der Waals surface area (Å²) in [5.74, 6) is 1.38. The van der Waals surface area contributed by atoms with Gasteiger partial charge < -0.3 is 9.64 Å². The molecule has 0 unspecified atom stereocenters. The van der Waals surface area contributed by atoms with Gasteiger partial charge in [-0.25, -0.2) is 4.39 Å². The Morgan fingerprint density at radius 1 is 1.11 bits per heavy atom. The number of nitrogens with zero attached hydrogens (tertiary/aromatic N) is 4. The standard InChI is InChI=1S/C26H38FN5O3S/c1-3-32(4-2)36(33,34)30-24-14-16-31(26-9-6-15-28-29-26)18-25(24)35-19-20-10-12-21(13-11-20)22-7-5-8-23(27)17-22/h5-9,15,17,20-21,24-25,30H,3-4,10-14,16,18-19H2,1-2H3/t20?,21?,24-,25+/m0/s1. The van der Waals surface area contributed by atoms with Crippen molar-refractivity contribution in [1.82, 2.24) is 19.2 Å². The summed E-state index contributed by atoms with van der Waals surface area (Å²) in [6.07, 6.45) is 6.00. The fourth-order valence-electron chi connectivity index (χ4n) is 5.40. The molecule has 2 fully saturated rings. The zero-order valence-corrected chi connectivity index (χ0v) is 22.0. The highest BCUT2D eigenvalue weighted by atomic mass is 32.2. The lowest BCUT2D eigenvalue weighted by atomic mass is 9.79. The largest absolute Gasteiger partial charge is 0.374 e. The van der Waals surface area contributed by atoms with Crippen LogP contribution in [0.15, 0.2) is 42.6 Å². The van der Waals surface area contributed by atoms with Crippen LogP contribution in [0.1, 0.15) is 57.4 Å². The van der Waals surface area contributed by atoms with Crippen molar-refractivity contribution < 1.29 is 17.5 Å². The molecule has 1 N–H and O–H groups in total. The summed E-state index contributed by atoms with van der Waals surface area (Å²) in [5, 5.41) is 8.22. The van der Waals surface area contributed by atoms with Crippen molar-refractivity contribution in [2.75, 3.05) is 37.7 Å². The highest BCUT2D eigenvalue weighted by Gasteiger charge is 2.35. The molecule has 0 amide bonds. The zero-order chi connectivity index (χ0) is 25.5. The van der Waals surface area contributed by atoms with Crippen LogP contribution in [0.5, 0.6) is 0 Å². The molecule has 0 spiro atoms. The molecule has 4 rings (SSSR count). The first kappa shape index (κ1) is 26.9. The molecule has 198 valence electrons. The molecule has 1 aromatic carbocycles. The molecule has 2 atom stereocenters. The molecule has 1 saturated heterocycles. The first-order valence-corrected chi connectivity index (χ1v) is 14.5. The molecule has 0 bridgehead atoms. The second kappa shape index (κ2) is 12.4. The Balaban J connectivity index is 1.39. The third-order valence-electron chi connectivity index (χ3n) is 7.50. The van der Waals surface area contributed by atoms with E-state index in [1.807, 2.05) is 32.0 Å². The second-order valence-electron chi connectivity index (χ2n) is 9.77. The Morgan fingerprint density at radius 2 is 1.89 bits per heavy atom. The van der Waals surface area contributed by atoms with Gasteiger partial charge in [-0.05, 0) is 73.8 Å². The Bertz CT molecular complexity index is 1060. The summed E-state index contributed by atoms with van der Waals surface area (Å²) in [7, 11) is -3.60. The quantitative estimate of drug-likeness (QED) is 0.515. The Labute approximate surface area is 214 Å². The van der Waals surface area contributed by atoms with Crippen molar-refractivity contribution in [3.63, 3.8) is 0 Å². The molecular formula is C26H38FN5O3S. The number of nitrogens with one attached hydrogen (secondary N) is 1. The smallest absolute Gasteiger partial charge is 0.279 e. The van der Waals surface area contributed by atoms with Crippen molar-refractivity contribution in [3.8, 4) is 0 Å². The third-order valence-corrected chi connectivity index (χ3v) is 9.30. The molecule has 2 aliphatic rings. The average molecular weight is 520 g/mol. The predicted octanol–water partition coefficient (Wildman–Crippen LogP) is 3.73. The minimum absolute atomic E-state index is 0.180. The van der Waals surface area contributed by atoms with Crippen LogP contribution in [0.25, 0.3) is 0 Å². The number of ether oxygens (including phenoxy) is 1. The first-order valence-electron chi connectivity index (χ1n) is 13.1. The van der Waals surface area contributed by atoms with Gasteiger partial charge in [0.25, 0.3) is 10.2 Å². The van der Waals surface area contributed by atoms with E-state index in [0.29, 0.717) is 51.0 Å². The highest BCUT2D eigenvalue weighted by Crippen LogP contribution is 2.36. The monoisotopic (exact) mass is 519 g/mol. The molecule has 1 saturated carbocycles. The summed E-state index contributed by atoms with van der Waals surface area (Å²) in [6.45, 7) is 6.32. The van der Waals surface area contributed by atoms with Crippen molar-refractivity contribution in [1.29, 1.82) is 0 Å². The predicted molar refractivity (Wildman–Crippen MR) is 138 cm³/mol. The van der Waals surface area contributed by atoms with E-state index in [4.69, 9.17) is 4.74 Å². The summed E-state index contributed by atoms with van der Waals surface area (Å²) in [4.78, 5) is 2.11. The fraction of sp³-hybridized carbons (Fsp3) is 0.615. The van der Waals surface area contributed by atoms with Gasteiger partial charge in [-0.15, -0.1) is 5.10 Å². The van der Waals surface area contributed by atoms with E-state index in [0.717, 1.165) is 37.1 Å². The molecule has 0 radical (unpaired) electrons. The van der Waals surface area contributed by atoms with E-state index in [2.05, 4.69) is 19.8 Å². The lowest BCUT2D eigenvalue weighted by Gasteiger charge is -2.40. The minimum atomic E-state index is -3.60. The number of aromatic nitrogens is 2. The van der Waals surface area contributed by atoms with Gasteiger partial charge >= 0.3 is 0 Å². The minimum Gasteiger partial charge on any atom is -0.374 e. The van der Waals surface area contributed by atoms with Crippen LogP contribution < -0.4 is 9.62 Å². The fourth-order valence-corrected chi connectivity index (χ4v) is 6.88. The molecule has 36 heavy (non-hydrogen) atoms. The topological polar surface area (TPSA) is 87.7 Å². The normalized spacial score (nSPS) is 25.3. The lowest BCUT2D eigenvalue weighted by Crippen LogP contribution is -2.57. The number of rotatable bonds is 10. The Morgan fingerprint density at radius 3 is 2.56 bits per heavy atom. The number of halogens is 1. The van der Waals surface area contributed by atoms with Gasteiger partial charge in [0.15, 0.2) is 5.82 Å².